The number of nitrogens with zero attached hydrogens (tertiary/aromatic N) is 1. The first-order valence-corrected chi connectivity index (χ1v) is 7.66. The van der Waals surface area contributed by atoms with Gasteiger partial charge in [0.25, 0.3) is 0 Å². The first-order valence-electron chi connectivity index (χ1n) is 6.78. The van der Waals surface area contributed by atoms with E-state index >= 15 is 0 Å². The van der Waals surface area contributed by atoms with Crippen LogP contribution in [0.25, 0.3) is 0 Å². The minimum absolute atomic E-state index is 0.0136. The minimum atomic E-state index is -0.0136. The highest BCUT2D eigenvalue weighted by molar-refractivity contribution is 7.10. The molecule has 1 atom stereocenters. The van der Waals surface area contributed by atoms with Crippen LogP contribution in [0.2, 0.25) is 0 Å². The predicted molar refractivity (Wildman–Crippen MR) is 76.9 cm³/mol. The van der Waals surface area contributed by atoms with Crippen molar-refractivity contribution in [3.63, 3.8) is 0 Å². The number of fused-ring (bicyclic) bond motifs is 1. The molecule has 1 aliphatic heterocycles. The number of thiophene rings is 1. The molecule has 0 unspecified atom stereocenters. The summed E-state index contributed by atoms with van der Waals surface area (Å²) in [5, 5.41) is 9.40. The van der Waals surface area contributed by atoms with Gasteiger partial charge in [0.05, 0.1) is 17.2 Å². The molecule has 0 saturated heterocycles. The zero-order chi connectivity index (χ0) is 13.7. The Bertz CT molecular complexity index is 712. The van der Waals surface area contributed by atoms with Crippen molar-refractivity contribution < 1.29 is 9.32 Å². The van der Waals surface area contributed by atoms with E-state index < -0.39 is 0 Å². The highest BCUT2D eigenvalue weighted by Crippen LogP contribution is 2.47. The molecule has 5 heteroatoms. The van der Waals surface area contributed by atoms with Crippen molar-refractivity contribution in [3.8, 4) is 0 Å². The molecule has 4 rings (SSSR count). The van der Waals surface area contributed by atoms with Gasteiger partial charge < -0.3 is 9.84 Å². The third kappa shape index (κ3) is 1.59. The molecule has 2 aromatic rings. The van der Waals surface area contributed by atoms with E-state index in [4.69, 9.17) is 4.52 Å². The van der Waals surface area contributed by atoms with Crippen molar-refractivity contribution in [2.45, 2.75) is 32.1 Å². The van der Waals surface area contributed by atoms with Crippen LogP contribution in [-0.2, 0) is 4.79 Å². The molecular weight excluding hydrogens is 272 g/mol. The summed E-state index contributed by atoms with van der Waals surface area (Å²) in [6.07, 6.45) is 2.45. The number of allylic oxidation sites excluding steroid dienone is 2. The van der Waals surface area contributed by atoms with Gasteiger partial charge in [0.1, 0.15) is 0 Å². The Morgan fingerprint density at radius 2 is 2.35 bits per heavy atom. The first-order chi connectivity index (χ1) is 9.75. The average Bonchev–Trinajstić information content (AvgIpc) is 3.08. The van der Waals surface area contributed by atoms with Crippen LogP contribution < -0.4 is 5.32 Å². The van der Waals surface area contributed by atoms with Crippen LogP contribution in [-0.4, -0.2) is 10.9 Å². The third-order valence-corrected chi connectivity index (χ3v) is 4.97. The monoisotopic (exact) mass is 286 g/mol. The summed E-state index contributed by atoms with van der Waals surface area (Å²) in [4.78, 5) is 13.6. The van der Waals surface area contributed by atoms with Gasteiger partial charge in [-0.2, -0.15) is 0 Å². The highest BCUT2D eigenvalue weighted by atomic mass is 32.1. The van der Waals surface area contributed by atoms with Crippen LogP contribution in [0, 0.1) is 6.92 Å². The predicted octanol–water partition coefficient (Wildman–Crippen LogP) is 3.61. The van der Waals surface area contributed by atoms with Crippen LogP contribution in [0.4, 0.5) is 5.88 Å². The Hall–Kier alpha value is -1.88. The zero-order valence-corrected chi connectivity index (χ0v) is 11.9. The van der Waals surface area contributed by atoms with Gasteiger partial charge in [-0.1, -0.05) is 11.2 Å². The minimum Gasteiger partial charge on any atom is -0.338 e. The van der Waals surface area contributed by atoms with Gasteiger partial charge in [0, 0.05) is 22.6 Å². The summed E-state index contributed by atoms with van der Waals surface area (Å²) in [6.45, 7) is 1.93. The van der Waals surface area contributed by atoms with E-state index in [0.29, 0.717) is 12.3 Å². The number of Topliss-reactive ketones (excluding diaryl/α,β-unsaturated/α-hetero) is 1. The molecule has 2 aromatic heterocycles. The number of hydrogen-bond donors (Lipinski definition) is 1. The number of ketones is 1. The maximum Gasteiger partial charge on any atom is 0.233 e. The van der Waals surface area contributed by atoms with Gasteiger partial charge in [-0.15, -0.1) is 11.3 Å². The molecule has 0 aromatic carbocycles. The van der Waals surface area contributed by atoms with E-state index in [1.807, 2.05) is 18.4 Å². The van der Waals surface area contributed by atoms with Gasteiger partial charge in [-0.25, -0.2) is 0 Å². The smallest absolute Gasteiger partial charge is 0.233 e. The lowest BCUT2D eigenvalue weighted by Gasteiger charge is -2.30. The molecule has 1 N–H and O–H groups in total. The topological polar surface area (TPSA) is 55.1 Å². The molecule has 20 heavy (non-hydrogen) atoms. The summed E-state index contributed by atoms with van der Waals surface area (Å²) in [7, 11) is 0. The molecule has 4 nitrogen and oxygen atoms in total. The quantitative estimate of drug-likeness (QED) is 0.870. The lowest BCUT2D eigenvalue weighted by Crippen LogP contribution is -2.26. The van der Waals surface area contributed by atoms with Crippen LogP contribution >= 0.6 is 11.3 Å². The van der Waals surface area contributed by atoms with E-state index in [1.54, 1.807) is 11.3 Å². The van der Waals surface area contributed by atoms with Crippen LogP contribution in [0.1, 0.15) is 41.3 Å². The third-order valence-electron chi connectivity index (χ3n) is 4.03. The Kier molecular flexibility index (Phi) is 2.57. The van der Waals surface area contributed by atoms with Crippen LogP contribution in [0.5, 0.6) is 0 Å². The van der Waals surface area contributed by atoms with E-state index in [0.717, 1.165) is 35.4 Å². The molecule has 102 valence electrons. The second-order valence-electron chi connectivity index (χ2n) is 5.25. The fourth-order valence-corrected chi connectivity index (χ4v) is 4.00. The van der Waals surface area contributed by atoms with Crippen molar-refractivity contribution in [3.05, 3.63) is 44.9 Å². The second-order valence-corrected chi connectivity index (χ2v) is 6.23. The normalized spacial score (nSPS) is 21.4. The Morgan fingerprint density at radius 3 is 3.15 bits per heavy atom. The standard InChI is InChI=1S/C15H14N2O2S/c1-8-12-14(11-6-3-7-20-11)13-9(4-2-5-10(13)18)16-15(12)19-17-8/h3,6-7,14,16H,2,4-5H2,1H3/t14-/m0/s1. The van der Waals surface area contributed by atoms with Gasteiger partial charge in [0.15, 0.2) is 5.78 Å². The number of carbonyl (C=O) groups is 1. The van der Waals surface area contributed by atoms with Crippen molar-refractivity contribution in [2.75, 3.05) is 5.32 Å². The van der Waals surface area contributed by atoms with Crippen LogP contribution in [0.3, 0.4) is 0 Å². The Morgan fingerprint density at radius 1 is 1.45 bits per heavy atom. The first kappa shape index (κ1) is 11.9. The number of rotatable bonds is 1. The number of nitrogens with one attached hydrogen (secondary N) is 1. The molecular formula is C15H14N2O2S. The van der Waals surface area contributed by atoms with Crippen molar-refractivity contribution in [1.29, 1.82) is 0 Å². The largest absolute Gasteiger partial charge is 0.338 e. The van der Waals surface area contributed by atoms with E-state index in [-0.39, 0.29) is 11.7 Å². The highest BCUT2D eigenvalue weighted by Gasteiger charge is 2.38. The molecule has 0 amide bonds. The summed E-state index contributed by atoms with van der Waals surface area (Å²) in [6, 6.07) is 4.11. The van der Waals surface area contributed by atoms with E-state index in [9.17, 15) is 4.79 Å². The van der Waals surface area contributed by atoms with Crippen molar-refractivity contribution >= 4 is 23.0 Å². The molecule has 0 saturated carbocycles. The summed E-state index contributed by atoms with van der Waals surface area (Å²) < 4.78 is 5.40. The number of hydrogen-bond acceptors (Lipinski definition) is 5. The average molecular weight is 286 g/mol. The molecule has 2 aliphatic rings. The number of aromatic nitrogens is 1. The van der Waals surface area contributed by atoms with Gasteiger partial charge in [-0.05, 0) is 31.2 Å². The Labute approximate surface area is 120 Å². The van der Waals surface area contributed by atoms with E-state index in [1.165, 1.54) is 4.88 Å². The summed E-state index contributed by atoms with van der Waals surface area (Å²) >= 11 is 1.68. The van der Waals surface area contributed by atoms with Gasteiger partial charge >= 0.3 is 0 Å². The number of anilines is 1. The SMILES string of the molecule is Cc1noc2c1[C@H](c1cccs1)C1=C(CCCC1=O)N2. The maximum absolute atomic E-state index is 12.4. The number of carbonyl (C=O) groups excluding carboxylic acids is 1. The van der Waals surface area contributed by atoms with Crippen molar-refractivity contribution in [2.24, 2.45) is 0 Å². The zero-order valence-electron chi connectivity index (χ0n) is 11.1. The summed E-state index contributed by atoms with van der Waals surface area (Å²) in [5.41, 5.74) is 3.80. The fourth-order valence-electron chi connectivity index (χ4n) is 3.16. The molecule has 0 fully saturated rings. The van der Waals surface area contributed by atoms with Crippen LogP contribution in [0.15, 0.2) is 33.3 Å². The van der Waals surface area contributed by atoms with Crippen molar-refractivity contribution in [1.82, 2.24) is 5.16 Å². The molecule has 1 aliphatic carbocycles. The molecule has 0 spiro atoms. The molecule has 0 radical (unpaired) electrons. The Balaban J connectivity index is 1.96. The number of aryl methyl sites for hydroxylation is 1. The molecule has 3 heterocycles. The lowest BCUT2D eigenvalue weighted by molar-refractivity contribution is -0.116. The maximum atomic E-state index is 12.4. The summed E-state index contributed by atoms with van der Waals surface area (Å²) in [5.74, 6) is 0.943. The van der Waals surface area contributed by atoms with Gasteiger partial charge in [-0.3, -0.25) is 4.79 Å². The van der Waals surface area contributed by atoms with E-state index in [2.05, 4.69) is 16.5 Å². The lowest BCUT2D eigenvalue weighted by atomic mass is 9.79. The second kappa shape index (κ2) is 4.31. The fraction of sp³-hybridized carbons (Fsp3) is 0.333. The van der Waals surface area contributed by atoms with Gasteiger partial charge in [0.2, 0.25) is 5.88 Å². The molecule has 0 bridgehead atoms.